The van der Waals surface area contributed by atoms with Gasteiger partial charge in [0.2, 0.25) is 0 Å². The Hall–Kier alpha value is -2.36. The second kappa shape index (κ2) is 7.43. The van der Waals surface area contributed by atoms with Gasteiger partial charge < -0.3 is 10.1 Å². The number of carbonyl (C=O) groups excluding carboxylic acids is 1. The third kappa shape index (κ3) is 4.31. The van der Waals surface area contributed by atoms with Crippen molar-refractivity contribution < 1.29 is 9.53 Å². The minimum absolute atomic E-state index is 0.162. The number of hydrogen-bond donors (Lipinski definition) is 1. The van der Waals surface area contributed by atoms with Gasteiger partial charge in [0.05, 0.1) is 6.61 Å². The lowest BCUT2D eigenvalue weighted by Gasteiger charge is -2.16. The smallest absolute Gasteiger partial charge is 0.341 e. The third-order valence-electron chi connectivity index (χ3n) is 3.07. The number of carbonyl (C=O) groups is 1. The fourth-order valence-electron chi connectivity index (χ4n) is 2.15. The molecule has 110 valence electrons. The zero-order valence-corrected chi connectivity index (χ0v) is 12.4. The normalized spacial score (nSPS) is 11.7. The molecule has 2 rings (SSSR count). The van der Waals surface area contributed by atoms with Gasteiger partial charge in [0, 0.05) is 12.2 Å². The SMILES string of the molecule is CCOC(=O)c1cccnc1NC(C)Cc1ccccc1. The van der Waals surface area contributed by atoms with Crippen LogP contribution in [0.25, 0.3) is 0 Å². The van der Waals surface area contributed by atoms with Crippen LogP contribution < -0.4 is 5.32 Å². The molecule has 1 aromatic heterocycles. The van der Waals surface area contributed by atoms with E-state index in [9.17, 15) is 4.79 Å². The van der Waals surface area contributed by atoms with Crippen molar-refractivity contribution in [2.45, 2.75) is 26.3 Å². The molecule has 0 saturated heterocycles. The molecule has 2 aromatic rings. The first-order valence-electron chi connectivity index (χ1n) is 7.13. The molecule has 1 heterocycles. The molecular weight excluding hydrogens is 264 g/mol. The lowest BCUT2D eigenvalue weighted by Crippen LogP contribution is -2.21. The molecule has 0 aliphatic rings. The summed E-state index contributed by atoms with van der Waals surface area (Å²) in [6.45, 7) is 4.21. The monoisotopic (exact) mass is 284 g/mol. The van der Waals surface area contributed by atoms with Crippen molar-refractivity contribution in [1.82, 2.24) is 4.98 Å². The van der Waals surface area contributed by atoms with Gasteiger partial charge in [-0.25, -0.2) is 9.78 Å². The highest BCUT2D eigenvalue weighted by Crippen LogP contribution is 2.15. The van der Waals surface area contributed by atoms with E-state index in [1.807, 2.05) is 18.2 Å². The van der Waals surface area contributed by atoms with Gasteiger partial charge in [0.1, 0.15) is 11.4 Å². The van der Waals surface area contributed by atoms with Crippen molar-refractivity contribution in [1.29, 1.82) is 0 Å². The standard InChI is InChI=1S/C17H20N2O2/c1-3-21-17(20)15-10-7-11-18-16(15)19-13(2)12-14-8-5-4-6-9-14/h4-11,13H,3,12H2,1-2H3,(H,18,19). The minimum Gasteiger partial charge on any atom is -0.462 e. The Morgan fingerprint density at radius 2 is 2.00 bits per heavy atom. The van der Waals surface area contributed by atoms with Gasteiger partial charge in [-0.15, -0.1) is 0 Å². The topological polar surface area (TPSA) is 51.2 Å². The van der Waals surface area contributed by atoms with Gasteiger partial charge >= 0.3 is 5.97 Å². The van der Waals surface area contributed by atoms with E-state index < -0.39 is 0 Å². The Morgan fingerprint density at radius 1 is 1.24 bits per heavy atom. The number of benzene rings is 1. The predicted octanol–water partition coefficient (Wildman–Crippen LogP) is 3.30. The Balaban J connectivity index is 2.07. The van der Waals surface area contributed by atoms with Crippen LogP contribution in [-0.2, 0) is 11.2 Å². The number of nitrogens with zero attached hydrogens (tertiary/aromatic N) is 1. The maximum Gasteiger partial charge on any atom is 0.341 e. The van der Waals surface area contributed by atoms with Crippen LogP contribution in [-0.4, -0.2) is 23.6 Å². The summed E-state index contributed by atoms with van der Waals surface area (Å²) in [6.07, 6.45) is 2.53. The number of pyridine rings is 1. The van der Waals surface area contributed by atoms with E-state index in [1.165, 1.54) is 5.56 Å². The number of anilines is 1. The van der Waals surface area contributed by atoms with Crippen molar-refractivity contribution in [3.8, 4) is 0 Å². The number of aromatic nitrogens is 1. The third-order valence-corrected chi connectivity index (χ3v) is 3.07. The summed E-state index contributed by atoms with van der Waals surface area (Å²) >= 11 is 0. The summed E-state index contributed by atoms with van der Waals surface area (Å²) in [6, 6.07) is 13.8. The largest absolute Gasteiger partial charge is 0.462 e. The summed E-state index contributed by atoms with van der Waals surface area (Å²) in [4.78, 5) is 16.2. The Morgan fingerprint density at radius 3 is 2.71 bits per heavy atom. The maximum absolute atomic E-state index is 11.9. The molecule has 0 spiro atoms. The molecule has 0 amide bonds. The van der Waals surface area contributed by atoms with Gasteiger partial charge in [0.25, 0.3) is 0 Å². The van der Waals surface area contributed by atoms with E-state index in [4.69, 9.17) is 4.74 Å². The first-order chi connectivity index (χ1) is 10.2. The summed E-state index contributed by atoms with van der Waals surface area (Å²) in [5.74, 6) is 0.222. The van der Waals surface area contributed by atoms with Gasteiger partial charge in [-0.2, -0.15) is 0 Å². The van der Waals surface area contributed by atoms with Gasteiger partial charge in [0.15, 0.2) is 0 Å². The molecule has 1 atom stereocenters. The zero-order chi connectivity index (χ0) is 15.1. The molecule has 1 unspecified atom stereocenters. The van der Waals surface area contributed by atoms with Gasteiger partial charge in [-0.1, -0.05) is 30.3 Å². The fourth-order valence-corrected chi connectivity index (χ4v) is 2.15. The second-order valence-corrected chi connectivity index (χ2v) is 4.86. The van der Waals surface area contributed by atoms with E-state index in [1.54, 1.807) is 25.3 Å². The molecule has 0 aliphatic heterocycles. The molecule has 4 heteroatoms. The van der Waals surface area contributed by atoms with Crippen LogP contribution in [0.1, 0.15) is 29.8 Å². The van der Waals surface area contributed by atoms with Crippen LogP contribution in [0, 0.1) is 0 Å². The highest BCUT2D eigenvalue weighted by Gasteiger charge is 2.14. The van der Waals surface area contributed by atoms with Crippen LogP contribution in [0.4, 0.5) is 5.82 Å². The highest BCUT2D eigenvalue weighted by molar-refractivity contribution is 5.94. The molecule has 1 N–H and O–H groups in total. The van der Waals surface area contributed by atoms with Crippen LogP contribution in [0.3, 0.4) is 0 Å². The molecule has 0 radical (unpaired) electrons. The average molecular weight is 284 g/mol. The minimum atomic E-state index is -0.347. The van der Waals surface area contributed by atoms with E-state index >= 15 is 0 Å². The van der Waals surface area contributed by atoms with Crippen molar-refractivity contribution in [3.63, 3.8) is 0 Å². The molecule has 0 bridgehead atoms. The molecule has 0 fully saturated rings. The molecular formula is C17H20N2O2. The van der Waals surface area contributed by atoms with Crippen LogP contribution >= 0.6 is 0 Å². The summed E-state index contributed by atoms with van der Waals surface area (Å²) in [7, 11) is 0. The van der Waals surface area contributed by atoms with E-state index in [2.05, 4.69) is 29.4 Å². The lowest BCUT2D eigenvalue weighted by molar-refractivity contribution is 0.0527. The number of hydrogen-bond acceptors (Lipinski definition) is 4. The van der Waals surface area contributed by atoms with Crippen molar-refractivity contribution >= 4 is 11.8 Å². The number of rotatable bonds is 6. The van der Waals surface area contributed by atoms with Crippen LogP contribution in [0.5, 0.6) is 0 Å². The summed E-state index contributed by atoms with van der Waals surface area (Å²) < 4.78 is 5.05. The Kier molecular flexibility index (Phi) is 5.32. The van der Waals surface area contributed by atoms with Gasteiger partial charge in [-0.05, 0) is 38.0 Å². The number of ether oxygens (including phenoxy) is 1. The second-order valence-electron chi connectivity index (χ2n) is 4.86. The molecule has 21 heavy (non-hydrogen) atoms. The molecule has 4 nitrogen and oxygen atoms in total. The van der Waals surface area contributed by atoms with Crippen molar-refractivity contribution in [3.05, 3.63) is 59.8 Å². The average Bonchev–Trinajstić information content (AvgIpc) is 2.49. The van der Waals surface area contributed by atoms with Crippen molar-refractivity contribution in [2.24, 2.45) is 0 Å². The number of nitrogens with one attached hydrogen (secondary N) is 1. The fraction of sp³-hybridized carbons (Fsp3) is 0.294. The van der Waals surface area contributed by atoms with E-state index in [0.29, 0.717) is 18.0 Å². The molecule has 0 aliphatic carbocycles. The quantitative estimate of drug-likeness (QED) is 0.827. The first kappa shape index (κ1) is 15.0. The van der Waals surface area contributed by atoms with Crippen molar-refractivity contribution in [2.75, 3.05) is 11.9 Å². The van der Waals surface area contributed by atoms with Crippen LogP contribution in [0.2, 0.25) is 0 Å². The van der Waals surface area contributed by atoms with Crippen LogP contribution in [0.15, 0.2) is 48.7 Å². The molecule has 1 aromatic carbocycles. The highest BCUT2D eigenvalue weighted by atomic mass is 16.5. The lowest BCUT2D eigenvalue weighted by atomic mass is 10.1. The number of esters is 1. The molecule has 0 saturated carbocycles. The summed E-state index contributed by atoms with van der Waals surface area (Å²) in [5.41, 5.74) is 1.71. The maximum atomic E-state index is 11.9. The first-order valence-corrected chi connectivity index (χ1v) is 7.13. The van der Waals surface area contributed by atoms with E-state index in [0.717, 1.165) is 6.42 Å². The Labute approximate surface area is 125 Å². The zero-order valence-electron chi connectivity index (χ0n) is 12.4. The van der Waals surface area contributed by atoms with E-state index in [-0.39, 0.29) is 12.0 Å². The van der Waals surface area contributed by atoms with Gasteiger partial charge in [-0.3, -0.25) is 0 Å². The predicted molar refractivity (Wildman–Crippen MR) is 83.4 cm³/mol. The Bertz CT molecular complexity index is 584. The summed E-state index contributed by atoms with van der Waals surface area (Å²) in [5, 5.41) is 3.29.